The van der Waals surface area contributed by atoms with E-state index >= 15 is 0 Å². The largest absolute Gasteiger partial charge is 0.489 e. The van der Waals surface area contributed by atoms with Crippen LogP contribution in [0.25, 0.3) is 11.5 Å². The minimum Gasteiger partial charge on any atom is -0.489 e. The number of oxazole rings is 1. The zero-order chi connectivity index (χ0) is 27.4. The van der Waals surface area contributed by atoms with Crippen LogP contribution in [0.2, 0.25) is 0 Å². The van der Waals surface area contributed by atoms with E-state index in [1.165, 1.54) is 30.2 Å². The van der Waals surface area contributed by atoms with Crippen LogP contribution in [0.3, 0.4) is 0 Å². The van der Waals surface area contributed by atoms with Crippen molar-refractivity contribution in [3.8, 4) is 29.0 Å². The van der Waals surface area contributed by atoms with E-state index in [0.29, 0.717) is 18.1 Å². The highest BCUT2D eigenvalue weighted by atomic mass is 19.3. The first-order valence-corrected chi connectivity index (χ1v) is 12.2. The molecule has 1 saturated heterocycles. The average Bonchev–Trinajstić information content (AvgIpc) is 3.62. The van der Waals surface area contributed by atoms with Crippen LogP contribution in [0, 0.1) is 17.2 Å². The molecular weight excluding hydrogens is 504 g/mol. The Balaban J connectivity index is 1.57. The Morgan fingerprint density at radius 1 is 1.32 bits per heavy atom. The lowest BCUT2D eigenvalue weighted by Gasteiger charge is -2.36. The van der Waals surface area contributed by atoms with Gasteiger partial charge in [-0.1, -0.05) is 0 Å². The van der Waals surface area contributed by atoms with E-state index < -0.39 is 30.2 Å². The lowest BCUT2D eigenvalue weighted by atomic mass is 9.89. The van der Waals surface area contributed by atoms with Crippen LogP contribution in [0.1, 0.15) is 54.9 Å². The number of amides is 2. The monoisotopic (exact) mass is 533 g/mol. The summed E-state index contributed by atoms with van der Waals surface area (Å²) < 4.78 is 46.6. The number of halogens is 2. The van der Waals surface area contributed by atoms with E-state index in [-0.39, 0.29) is 54.8 Å². The second kappa shape index (κ2) is 11.2. The van der Waals surface area contributed by atoms with Crippen LogP contribution in [0.4, 0.5) is 13.6 Å². The van der Waals surface area contributed by atoms with Crippen molar-refractivity contribution in [3.05, 3.63) is 29.7 Å². The number of nitrogens with zero attached hydrogens (tertiary/aromatic N) is 3. The number of methoxy groups -OCH3 is 1. The van der Waals surface area contributed by atoms with E-state index in [1.54, 1.807) is 6.92 Å². The molecule has 11 nitrogen and oxygen atoms in total. The molecule has 1 saturated carbocycles. The molecule has 204 valence electrons. The summed E-state index contributed by atoms with van der Waals surface area (Å²) in [7, 11) is 1.27. The van der Waals surface area contributed by atoms with Crippen molar-refractivity contribution in [2.75, 3.05) is 26.8 Å². The van der Waals surface area contributed by atoms with Crippen LogP contribution < -0.4 is 20.5 Å². The molecule has 13 heteroatoms. The molecule has 1 aliphatic heterocycles. The fraction of sp³-hybridized carbons (Fsp3) is 0.520. The van der Waals surface area contributed by atoms with E-state index in [4.69, 9.17) is 19.6 Å². The van der Waals surface area contributed by atoms with Gasteiger partial charge in [-0.2, -0.15) is 14.0 Å². The summed E-state index contributed by atoms with van der Waals surface area (Å²) in [5.41, 5.74) is 5.07. The maximum absolute atomic E-state index is 13.3. The number of nitriles is 1. The van der Waals surface area contributed by atoms with Crippen molar-refractivity contribution in [3.63, 3.8) is 0 Å². The lowest BCUT2D eigenvalue weighted by Crippen LogP contribution is -2.55. The topological polar surface area (TPSA) is 153 Å². The number of carbonyl (C=O) groups excluding carboxylic acids is 2. The molecule has 3 N–H and O–H groups in total. The van der Waals surface area contributed by atoms with Crippen LogP contribution in [0.5, 0.6) is 11.5 Å². The number of rotatable bonds is 9. The normalized spacial score (nSPS) is 17.4. The van der Waals surface area contributed by atoms with E-state index in [9.17, 15) is 23.6 Å². The van der Waals surface area contributed by atoms with Gasteiger partial charge in [0.25, 0.3) is 5.91 Å². The van der Waals surface area contributed by atoms with Crippen LogP contribution in [-0.4, -0.2) is 60.8 Å². The van der Waals surface area contributed by atoms with Crippen molar-refractivity contribution >= 4 is 12.0 Å². The second-order valence-electron chi connectivity index (χ2n) is 9.42. The fourth-order valence-corrected chi connectivity index (χ4v) is 4.11. The average molecular weight is 534 g/mol. The molecule has 0 unspecified atom stereocenters. The second-order valence-corrected chi connectivity index (χ2v) is 9.42. The van der Waals surface area contributed by atoms with Gasteiger partial charge >= 0.3 is 12.7 Å². The Morgan fingerprint density at radius 2 is 2.03 bits per heavy atom. The zero-order valence-electron chi connectivity index (χ0n) is 21.0. The van der Waals surface area contributed by atoms with Gasteiger partial charge in [-0.15, -0.1) is 0 Å². The number of ether oxygens (including phenoxy) is 3. The molecule has 2 amide bonds. The zero-order valence-corrected chi connectivity index (χ0v) is 21.0. The Labute approximate surface area is 217 Å². The van der Waals surface area contributed by atoms with E-state index in [1.807, 2.05) is 0 Å². The first-order valence-electron chi connectivity index (χ1n) is 12.2. The summed E-state index contributed by atoms with van der Waals surface area (Å²) >= 11 is 0. The number of carbonyl (C=O) groups is 2. The number of alkyl halides is 2. The molecule has 1 aromatic carbocycles. The summed E-state index contributed by atoms with van der Waals surface area (Å²) in [4.78, 5) is 30.8. The third-order valence-corrected chi connectivity index (χ3v) is 6.48. The molecule has 1 aliphatic carbocycles. The lowest BCUT2D eigenvalue weighted by molar-refractivity contribution is -0.0515. The highest BCUT2D eigenvalue weighted by molar-refractivity contribution is 5.94. The summed E-state index contributed by atoms with van der Waals surface area (Å²) in [5, 5.41) is 12.6. The quantitative estimate of drug-likeness (QED) is 0.492. The van der Waals surface area contributed by atoms with Gasteiger partial charge in [0.1, 0.15) is 5.54 Å². The van der Waals surface area contributed by atoms with Crippen LogP contribution in [0.15, 0.2) is 22.6 Å². The molecule has 1 atom stereocenters. The van der Waals surface area contributed by atoms with Crippen molar-refractivity contribution in [2.45, 2.75) is 50.8 Å². The Morgan fingerprint density at radius 3 is 2.61 bits per heavy atom. The number of hydrogen-bond acceptors (Lipinski definition) is 9. The minimum atomic E-state index is -3.03. The third kappa shape index (κ3) is 6.13. The molecule has 2 heterocycles. The van der Waals surface area contributed by atoms with Gasteiger partial charge in [-0.05, 0) is 43.9 Å². The number of likely N-dealkylation sites (tertiary alicyclic amines) is 1. The Hall–Kier alpha value is -3.92. The molecule has 0 bridgehead atoms. The Kier molecular flexibility index (Phi) is 8.01. The number of hydrogen-bond donors (Lipinski definition) is 2. The van der Waals surface area contributed by atoms with Crippen molar-refractivity contribution in [2.24, 2.45) is 11.7 Å². The maximum atomic E-state index is 13.3. The summed E-state index contributed by atoms with van der Waals surface area (Å²) in [6.45, 7) is -0.614. The van der Waals surface area contributed by atoms with Gasteiger partial charge in [-0.3, -0.25) is 4.79 Å². The molecule has 38 heavy (non-hydrogen) atoms. The SMILES string of the molecule is COC(=O)N1CCC(C#N)(NC(=O)c2nc(-c3ccc(OC(F)F)c(OCC4CC4)c3)oc2[C@H](C)N)CC1. The van der Waals surface area contributed by atoms with Gasteiger partial charge in [0, 0.05) is 31.5 Å². The maximum Gasteiger partial charge on any atom is 0.409 e. The van der Waals surface area contributed by atoms with Gasteiger partial charge in [0.05, 0.1) is 25.8 Å². The van der Waals surface area contributed by atoms with Gasteiger partial charge in [-0.25, -0.2) is 9.78 Å². The number of nitrogens with one attached hydrogen (secondary N) is 1. The standard InChI is InChI=1S/C25H29F2N5O6/c1-14(29)20-19(21(33)31-25(13-28)7-9-32(10-8-25)24(34)35-2)30-22(38-20)16-5-6-17(37-23(26)27)18(11-16)36-12-15-3-4-15/h5-6,11,14-15,23H,3-4,7-10,12,29H2,1-2H3,(H,31,33)/t14-/m0/s1. The molecule has 0 radical (unpaired) electrons. The molecule has 2 aliphatic rings. The summed E-state index contributed by atoms with van der Waals surface area (Å²) in [6, 6.07) is 5.66. The first-order chi connectivity index (χ1) is 18.1. The molecule has 2 fully saturated rings. The smallest absolute Gasteiger partial charge is 0.409 e. The third-order valence-electron chi connectivity index (χ3n) is 6.48. The van der Waals surface area contributed by atoms with Crippen molar-refractivity contribution in [1.29, 1.82) is 5.26 Å². The van der Waals surface area contributed by atoms with E-state index in [0.717, 1.165) is 12.8 Å². The molecular formula is C25H29F2N5O6. The van der Waals surface area contributed by atoms with Crippen molar-refractivity contribution in [1.82, 2.24) is 15.2 Å². The van der Waals surface area contributed by atoms with Crippen LogP contribution >= 0.6 is 0 Å². The highest BCUT2D eigenvalue weighted by Crippen LogP contribution is 2.37. The fourth-order valence-electron chi connectivity index (χ4n) is 4.11. The van der Waals surface area contributed by atoms with E-state index in [2.05, 4.69) is 21.1 Å². The first kappa shape index (κ1) is 27.1. The Bertz CT molecular complexity index is 1220. The predicted octanol–water partition coefficient (Wildman–Crippen LogP) is 3.61. The summed E-state index contributed by atoms with van der Waals surface area (Å²) in [5.74, 6) is -0.215. The molecule has 2 aromatic rings. The minimum absolute atomic E-state index is 0.0221. The highest BCUT2D eigenvalue weighted by Gasteiger charge is 2.39. The number of piperidine rings is 1. The predicted molar refractivity (Wildman–Crippen MR) is 128 cm³/mol. The number of benzene rings is 1. The number of nitrogens with two attached hydrogens (primary N) is 1. The van der Waals surface area contributed by atoms with Crippen LogP contribution in [-0.2, 0) is 4.74 Å². The summed E-state index contributed by atoms with van der Waals surface area (Å²) in [6.07, 6.45) is 1.89. The molecule has 1 aromatic heterocycles. The molecule has 4 rings (SSSR count). The van der Waals surface area contributed by atoms with Gasteiger partial charge in [0.15, 0.2) is 23.0 Å². The number of aromatic nitrogens is 1. The van der Waals surface area contributed by atoms with Gasteiger partial charge in [0.2, 0.25) is 5.89 Å². The van der Waals surface area contributed by atoms with Gasteiger partial charge < -0.3 is 34.6 Å². The van der Waals surface area contributed by atoms with Crippen molar-refractivity contribution < 1.29 is 37.0 Å². The molecule has 0 spiro atoms.